The Balaban J connectivity index is 1.19. The van der Waals surface area contributed by atoms with Gasteiger partial charge in [0, 0.05) is 41.6 Å². The number of aliphatic hydroxyl groups excluding tert-OH is 2. The molecule has 3 amide bonds. The summed E-state index contributed by atoms with van der Waals surface area (Å²) in [5, 5.41) is 47.5. The minimum absolute atomic E-state index is 0.0258. The summed E-state index contributed by atoms with van der Waals surface area (Å²) in [7, 11) is 1.07. The Morgan fingerprint density at radius 2 is 1.26 bits per heavy atom. The summed E-state index contributed by atoms with van der Waals surface area (Å²) in [6.07, 6.45) is 13.1. The lowest BCUT2D eigenvalue weighted by Gasteiger charge is -2.41. The van der Waals surface area contributed by atoms with Crippen LogP contribution in [0.4, 0.5) is 4.39 Å². The third-order valence-electron chi connectivity index (χ3n) is 14.5. The van der Waals surface area contributed by atoms with Crippen LogP contribution >= 0.6 is 0 Å². The quantitative estimate of drug-likeness (QED) is 0.0594. The van der Waals surface area contributed by atoms with E-state index in [2.05, 4.69) is 71.2 Å². The van der Waals surface area contributed by atoms with Gasteiger partial charge in [-0.25, -0.2) is 9.18 Å². The molecule has 70 heavy (non-hydrogen) atoms. The van der Waals surface area contributed by atoms with Gasteiger partial charge in [-0.1, -0.05) is 46.6 Å². The molecule has 6 rings (SSSR count). The maximum Gasteiger partial charge on any atom is 0.331 e. The number of benzene rings is 2. The number of hydrogen-bond donors (Lipinski definition) is 5. The summed E-state index contributed by atoms with van der Waals surface area (Å²) < 4.78 is 32.1. The van der Waals surface area contributed by atoms with Crippen molar-refractivity contribution in [3.63, 3.8) is 0 Å². The Labute approximate surface area is 412 Å². The highest BCUT2D eigenvalue weighted by Gasteiger charge is 2.47. The zero-order valence-corrected chi connectivity index (χ0v) is 42.5. The molecule has 0 saturated heterocycles. The number of ether oxygens (including phenoxy) is 3. The molecular weight excluding hydrogens is 898 g/mol. The number of rotatable bonds is 21. The lowest BCUT2D eigenvalue weighted by molar-refractivity contribution is -0.146. The van der Waals surface area contributed by atoms with Crippen molar-refractivity contribution < 1.29 is 58.2 Å². The highest BCUT2D eigenvalue weighted by Crippen LogP contribution is 2.48. The van der Waals surface area contributed by atoms with E-state index in [9.17, 15) is 44.0 Å². The van der Waals surface area contributed by atoms with Crippen LogP contribution in [0.25, 0.3) is 0 Å². The smallest absolute Gasteiger partial charge is 0.331 e. The predicted octanol–water partition coefficient (Wildman–Crippen LogP) is 8.54. The van der Waals surface area contributed by atoms with Crippen molar-refractivity contribution in [1.82, 2.24) is 15.1 Å². The largest absolute Gasteiger partial charge is 0.508 e. The first kappa shape index (κ1) is 53.7. The fourth-order valence-electron chi connectivity index (χ4n) is 9.98. The summed E-state index contributed by atoms with van der Waals surface area (Å²) in [6.45, 7) is 14.9. The molecule has 382 valence electrons. The molecular formula is C55H74FN3O11. The SMILES string of the molecule is COC(=O)[C@H](CF)NC(=O)[C@H](CCCN1Cc2c(cc(O)c3c2O[C@](C)(CC/C=C(\C)CCC=C(C)C)[C@@H](O)C3)C1=O)N1Cc2c(cc(O)c3c2O[C@](C)(CC/C=C(\C)CCC=C(C)C)[C@@H](O)C3)C1=O. The lowest BCUT2D eigenvalue weighted by Crippen LogP contribution is -2.53. The number of amides is 3. The number of fused-ring (bicyclic) bond motifs is 6. The van der Waals surface area contributed by atoms with E-state index in [1.807, 2.05) is 6.92 Å². The van der Waals surface area contributed by atoms with E-state index in [0.29, 0.717) is 53.7 Å². The number of alkyl halides is 1. The van der Waals surface area contributed by atoms with Crippen molar-refractivity contribution in [3.05, 3.63) is 92.1 Å². The molecule has 2 aromatic carbocycles. The number of methoxy groups -OCH3 is 1. The molecule has 0 saturated carbocycles. The van der Waals surface area contributed by atoms with Gasteiger partial charge in [-0.05, 0) is 132 Å². The molecule has 14 nitrogen and oxygen atoms in total. The van der Waals surface area contributed by atoms with E-state index in [4.69, 9.17) is 14.2 Å². The molecule has 0 aliphatic carbocycles. The van der Waals surface area contributed by atoms with Gasteiger partial charge in [-0.15, -0.1) is 0 Å². The van der Waals surface area contributed by atoms with Gasteiger partial charge in [-0.3, -0.25) is 14.4 Å². The average molecular weight is 972 g/mol. The van der Waals surface area contributed by atoms with Gasteiger partial charge in [0.2, 0.25) is 5.91 Å². The molecule has 0 spiro atoms. The van der Waals surface area contributed by atoms with Gasteiger partial charge < -0.3 is 49.8 Å². The first-order valence-corrected chi connectivity index (χ1v) is 24.7. The van der Waals surface area contributed by atoms with Gasteiger partial charge in [0.05, 0.1) is 43.5 Å². The lowest BCUT2D eigenvalue weighted by atomic mass is 9.84. The maximum atomic E-state index is 14.4. The number of phenolic OH excluding ortho intramolecular Hbond substituents is 2. The molecule has 5 N–H and O–H groups in total. The van der Waals surface area contributed by atoms with Gasteiger partial charge in [-0.2, -0.15) is 0 Å². The maximum absolute atomic E-state index is 14.4. The Kier molecular flexibility index (Phi) is 17.3. The number of nitrogens with one attached hydrogen (secondary N) is 1. The Morgan fingerprint density at radius 3 is 1.73 bits per heavy atom. The number of carbonyl (C=O) groups is 4. The van der Waals surface area contributed by atoms with Crippen molar-refractivity contribution in [1.29, 1.82) is 0 Å². The number of nitrogens with zero attached hydrogens (tertiary/aromatic N) is 2. The summed E-state index contributed by atoms with van der Waals surface area (Å²) in [6, 6.07) is -0.197. The number of halogens is 1. The molecule has 0 fully saturated rings. The van der Waals surface area contributed by atoms with Crippen LogP contribution in [-0.2, 0) is 40.3 Å². The van der Waals surface area contributed by atoms with Crippen molar-refractivity contribution in [2.75, 3.05) is 20.3 Å². The number of allylic oxidation sites excluding steroid dienone is 8. The summed E-state index contributed by atoms with van der Waals surface area (Å²) in [5.41, 5.74) is 5.05. The summed E-state index contributed by atoms with van der Waals surface area (Å²) >= 11 is 0. The van der Waals surface area contributed by atoms with Crippen LogP contribution in [0, 0.1) is 0 Å². The molecule has 4 aliphatic heterocycles. The minimum Gasteiger partial charge on any atom is -0.508 e. The normalized spacial score (nSPS) is 22.5. The number of aliphatic hydroxyl groups is 2. The second kappa shape index (κ2) is 22.6. The van der Waals surface area contributed by atoms with Gasteiger partial charge in [0.15, 0.2) is 6.04 Å². The molecule has 2 aromatic rings. The van der Waals surface area contributed by atoms with E-state index < -0.39 is 60.0 Å². The van der Waals surface area contributed by atoms with Gasteiger partial charge in [0.1, 0.15) is 46.9 Å². The van der Waals surface area contributed by atoms with Crippen LogP contribution < -0.4 is 14.8 Å². The summed E-state index contributed by atoms with van der Waals surface area (Å²) in [4.78, 5) is 57.9. The third-order valence-corrected chi connectivity index (χ3v) is 14.5. The molecule has 0 bridgehead atoms. The Morgan fingerprint density at radius 1 is 0.771 bits per heavy atom. The van der Waals surface area contributed by atoms with Crippen LogP contribution in [0.3, 0.4) is 0 Å². The molecule has 6 atom stereocenters. The van der Waals surface area contributed by atoms with Crippen LogP contribution in [0.1, 0.15) is 163 Å². The number of hydrogen-bond acceptors (Lipinski definition) is 11. The van der Waals surface area contributed by atoms with E-state index >= 15 is 0 Å². The zero-order valence-electron chi connectivity index (χ0n) is 42.5. The molecule has 4 heterocycles. The molecule has 0 radical (unpaired) electrons. The number of phenols is 2. The predicted molar refractivity (Wildman–Crippen MR) is 265 cm³/mol. The second-order valence-corrected chi connectivity index (χ2v) is 20.6. The molecule has 4 aliphatic rings. The van der Waals surface area contributed by atoms with Crippen LogP contribution in [0.15, 0.2) is 58.7 Å². The standard InChI is InChI=1S/C55H74FN3O11/c1-32(2)15-10-17-34(5)19-12-22-54(7)46(62)27-38-44(60)25-36-40(48(38)69-54)30-58(51(36)65)24-14-21-43(50(64)57-42(29-56)53(67)68-9)59-31-41-37(52(59)66)26-45(61)39-28-47(63)55(8,70-49(39)41)23-13-20-35(6)18-11-16-33(3)4/h15-16,19-20,25-26,42-43,46-47,60-63H,10-14,17-18,21-24,27-31H2,1-9H3,(H,57,64)/b34-19+,35-20+/t42-,43-,46-,47-,54+,55+/m0/s1. The summed E-state index contributed by atoms with van der Waals surface area (Å²) in [5.74, 6) is -2.54. The first-order chi connectivity index (χ1) is 33.1. The fourth-order valence-corrected chi connectivity index (χ4v) is 9.98. The van der Waals surface area contributed by atoms with Crippen LogP contribution in [0.2, 0.25) is 0 Å². The van der Waals surface area contributed by atoms with Crippen LogP contribution in [-0.4, -0.2) is 110 Å². The van der Waals surface area contributed by atoms with Crippen molar-refractivity contribution in [2.45, 2.75) is 181 Å². The topological polar surface area (TPSA) is 195 Å². The number of esters is 1. The Bertz CT molecular complexity index is 2450. The van der Waals surface area contributed by atoms with E-state index in [0.717, 1.165) is 32.8 Å². The highest BCUT2D eigenvalue weighted by molar-refractivity contribution is 6.03. The molecule has 0 aromatic heterocycles. The van der Waals surface area contributed by atoms with E-state index in [1.165, 1.54) is 39.3 Å². The monoisotopic (exact) mass is 972 g/mol. The van der Waals surface area contributed by atoms with Crippen LogP contribution in [0.5, 0.6) is 23.0 Å². The Hall–Kier alpha value is -5.67. The van der Waals surface area contributed by atoms with E-state index in [1.54, 1.807) is 11.8 Å². The van der Waals surface area contributed by atoms with E-state index in [-0.39, 0.29) is 79.6 Å². The van der Waals surface area contributed by atoms with Gasteiger partial charge in [0.25, 0.3) is 11.8 Å². The minimum atomic E-state index is -1.64. The second-order valence-electron chi connectivity index (χ2n) is 20.6. The first-order valence-electron chi connectivity index (χ1n) is 24.7. The molecule has 0 unspecified atom stereocenters. The number of aromatic hydroxyl groups is 2. The zero-order chi connectivity index (χ0) is 51.2. The fraction of sp³-hybridized carbons (Fsp3) is 0.564. The highest BCUT2D eigenvalue weighted by atomic mass is 19.1. The number of carbonyl (C=O) groups excluding carboxylic acids is 4. The van der Waals surface area contributed by atoms with Crippen molar-refractivity contribution in [2.24, 2.45) is 0 Å². The third kappa shape index (κ3) is 11.9. The van der Waals surface area contributed by atoms with Crippen molar-refractivity contribution >= 4 is 23.7 Å². The van der Waals surface area contributed by atoms with Gasteiger partial charge >= 0.3 is 5.97 Å². The van der Waals surface area contributed by atoms with Crippen molar-refractivity contribution in [3.8, 4) is 23.0 Å². The molecule has 15 heteroatoms. The average Bonchev–Trinajstić information content (AvgIpc) is 3.79.